The minimum Gasteiger partial charge on any atom is -0.370 e. The number of unbranched alkanes of at least 4 members (excludes halogenated alkanes) is 7. The van der Waals surface area contributed by atoms with Crippen LogP contribution in [0.1, 0.15) is 65.2 Å². The van der Waals surface area contributed by atoms with Gasteiger partial charge >= 0.3 is 0 Å². The van der Waals surface area contributed by atoms with E-state index < -0.39 is 0 Å². The van der Waals surface area contributed by atoms with E-state index >= 15 is 0 Å². The van der Waals surface area contributed by atoms with Crippen molar-refractivity contribution in [2.24, 2.45) is 10.7 Å². The molecule has 0 rings (SSSR count). The van der Waals surface area contributed by atoms with Crippen LogP contribution in [0, 0.1) is 0 Å². The zero-order chi connectivity index (χ0) is 12.1. The Morgan fingerprint density at radius 3 is 2.06 bits per heavy atom. The molecule has 0 aromatic carbocycles. The molecule has 0 saturated carbocycles. The summed E-state index contributed by atoms with van der Waals surface area (Å²) >= 11 is 0. The molecule has 3 heteroatoms. The molecule has 0 radical (unpaired) electrons. The number of guanidine groups is 1. The van der Waals surface area contributed by atoms with Crippen LogP contribution in [0.25, 0.3) is 0 Å². The summed E-state index contributed by atoms with van der Waals surface area (Å²) in [4.78, 5) is 4.24. The van der Waals surface area contributed by atoms with Crippen molar-refractivity contribution in [2.45, 2.75) is 65.2 Å². The second kappa shape index (κ2) is 12.3. The smallest absolute Gasteiger partial charge is 0.188 e. The Balaban J connectivity index is 3.12. The maximum Gasteiger partial charge on any atom is 0.188 e. The molecule has 0 aromatic heterocycles. The van der Waals surface area contributed by atoms with Crippen LogP contribution >= 0.6 is 0 Å². The first kappa shape index (κ1) is 15.3. The monoisotopic (exact) mass is 227 g/mol. The van der Waals surface area contributed by atoms with Crippen molar-refractivity contribution in [1.82, 2.24) is 5.32 Å². The largest absolute Gasteiger partial charge is 0.370 e. The van der Waals surface area contributed by atoms with Crippen LogP contribution in [0.3, 0.4) is 0 Å². The quantitative estimate of drug-likeness (QED) is 0.342. The lowest BCUT2D eigenvalue weighted by Gasteiger charge is -2.02. The summed E-state index contributed by atoms with van der Waals surface area (Å²) in [7, 11) is 0. The van der Waals surface area contributed by atoms with E-state index in [-0.39, 0.29) is 0 Å². The van der Waals surface area contributed by atoms with Crippen LogP contribution in [-0.2, 0) is 0 Å². The van der Waals surface area contributed by atoms with E-state index in [0.717, 1.165) is 13.1 Å². The van der Waals surface area contributed by atoms with Gasteiger partial charge in [0.1, 0.15) is 0 Å². The molecule has 0 aliphatic rings. The van der Waals surface area contributed by atoms with Crippen LogP contribution in [0.15, 0.2) is 4.99 Å². The molecular formula is C13H29N3. The van der Waals surface area contributed by atoms with E-state index in [2.05, 4.69) is 17.2 Å². The van der Waals surface area contributed by atoms with Gasteiger partial charge in [0.05, 0.1) is 0 Å². The minimum atomic E-state index is 0.588. The van der Waals surface area contributed by atoms with Crippen LogP contribution in [0.2, 0.25) is 0 Å². The number of hydrogen-bond acceptors (Lipinski definition) is 1. The maximum absolute atomic E-state index is 5.62. The zero-order valence-electron chi connectivity index (χ0n) is 11.1. The van der Waals surface area contributed by atoms with Crippen molar-refractivity contribution in [2.75, 3.05) is 13.1 Å². The molecule has 3 nitrogen and oxygen atoms in total. The van der Waals surface area contributed by atoms with Crippen LogP contribution < -0.4 is 11.1 Å². The summed E-state index contributed by atoms with van der Waals surface area (Å²) in [6, 6.07) is 0. The van der Waals surface area contributed by atoms with Gasteiger partial charge in [0.2, 0.25) is 0 Å². The summed E-state index contributed by atoms with van der Waals surface area (Å²) in [5.41, 5.74) is 5.62. The Bertz CT molecular complexity index is 167. The molecule has 0 spiro atoms. The number of nitrogens with one attached hydrogen (secondary N) is 1. The third-order valence-electron chi connectivity index (χ3n) is 2.65. The van der Waals surface area contributed by atoms with Gasteiger partial charge in [-0.2, -0.15) is 0 Å². The molecule has 0 atom stereocenters. The number of nitrogens with two attached hydrogens (primary N) is 1. The lowest BCUT2D eigenvalue weighted by molar-refractivity contribution is 0.578. The van der Waals surface area contributed by atoms with E-state index in [1.165, 1.54) is 51.4 Å². The highest BCUT2D eigenvalue weighted by Crippen LogP contribution is 2.08. The van der Waals surface area contributed by atoms with Gasteiger partial charge in [-0.25, -0.2) is 0 Å². The summed E-state index contributed by atoms with van der Waals surface area (Å²) < 4.78 is 0. The van der Waals surface area contributed by atoms with Crippen LogP contribution in [-0.4, -0.2) is 19.0 Å². The van der Waals surface area contributed by atoms with Crippen LogP contribution in [0.4, 0.5) is 0 Å². The SMILES string of the molecule is CCCCCCCCCCN=C(N)NCC. The Morgan fingerprint density at radius 2 is 1.50 bits per heavy atom. The maximum atomic E-state index is 5.62. The Labute approximate surface area is 101 Å². The molecule has 0 aromatic rings. The topological polar surface area (TPSA) is 50.4 Å². The number of hydrogen-bond donors (Lipinski definition) is 2. The number of aliphatic imine (C=N–C) groups is 1. The molecule has 3 N–H and O–H groups in total. The van der Waals surface area contributed by atoms with Crippen molar-refractivity contribution in [3.05, 3.63) is 0 Å². The standard InChI is InChI=1S/C13H29N3/c1-3-5-6-7-8-9-10-11-12-16-13(14)15-4-2/h3-12H2,1-2H3,(H3,14,15,16). The van der Waals surface area contributed by atoms with E-state index in [1.54, 1.807) is 0 Å². The third-order valence-corrected chi connectivity index (χ3v) is 2.65. The van der Waals surface area contributed by atoms with E-state index in [1.807, 2.05) is 6.92 Å². The first-order valence-electron chi connectivity index (χ1n) is 6.85. The first-order chi connectivity index (χ1) is 7.81. The van der Waals surface area contributed by atoms with Gasteiger partial charge in [-0.1, -0.05) is 51.9 Å². The molecule has 0 fully saturated rings. The molecule has 0 heterocycles. The molecule has 0 unspecified atom stereocenters. The van der Waals surface area contributed by atoms with E-state index in [4.69, 9.17) is 5.73 Å². The van der Waals surface area contributed by atoms with E-state index in [9.17, 15) is 0 Å². The highest BCUT2D eigenvalue weighted by atomic mass is 15.1. The summed E-state index contributed by atoms with van der Waals surface area (Å²) in [6.07, 6.45) is 10.7. The van der Waals surface area contributed by atoms with Gasteiger partial charge in [0.15, 0.2) is 5.96 Å². The second-order valence-corrected chi connectivity index (χ2v) is 4.27. The predicted molar refractivity (Wildman–Crippen MR) is 72.8 cm³/mol. The Hall–Kier alpha value is -0.730. The zero-order valence-corrected chi connectivity index (χ0v) is 11.1. The number of rotatable bonds is 10. The van der Waals surface area contributed by atoms with Gasteiger partial charge in [-0.3, -0.25) is 4.99 Å². The predicted octanol–water partition coefficient (Wildman–Crippen LogP) is 3.05. The first-order valence-corrected chi connectivity index (χ1v) is 6.85. The molecule has 0 aliphatic carbocycles. The molecule has 16 heavy (non-hydrogen) atoms. The van der Waals surface area contributed by atoms with Gasteiger partial charge in [0.25, 0.3) is 0 Å². The minimum absolute atomic E-state index is 0.588. The van der Waals surface area contributed by atoms with Gasteiger partial charge in [0, 0.05) is 13.1 Å². The van der Waals surface area contributed by atoms with E-state index in [0.29, 0.717) is 5.96 Å². The molecule has 96 valence electrons. The normalized spacial score (nSPS) is 11.8. The average Bonchev–Trinajstić information content (AvgIpc) is 2.27. The second-order valence-electron chi connectivity index (χ2n) is 4.27. The average molecular weight is 227 g/mol. The molecule has 0 bridgehead atoms. The third kappa shape index (κ3) is 11.3. The van der Waals surface area contributed by atoms with Gasteiger partial charge < -0.3 is 11.1 Å². The Morgan fingerprint density at radius 1 is 0.938 bits per heavy atom. The van der Waals surface area contributed by atoms with Crippen molar-refractivity contribution < 1.29 is 0 Å². The summed E-state index contributed by atoms with van der Waals surface area (Å²) in [5, 5.41) is 3.00. The van der Waals surface area contributed by atoms with Gasteiger partial charge in [-0.05, 0) is 13.3 Å². The fraction of sp³-hybridized carbons (Fsp3) is 0.923. The highest BCUT2D eigenvalue weighted by Gasteiger charge is 1.91. The lowest BCUT2D eigenvalue weighted by Crippen LogP contribution is -2.31. The van der Waals surface area contributed by atoms with Crippen molar-refractivity contribution in [3.8, 4) is 0 Å². The van der Waals surface area contributed by atoms with Crippen molar-refractivity contribution >= 4 is 5.96 Å². The number of nitrogens with zero attached hydrogens (tertiary/aromatic N) is 1. The molecule has 0 aliphatic heterocycles. The fourth-order valence-corrected chi connectivity index (χ4v) is 1.68. The lowest BCUT2D eigenvalue weighted by atomic mass is 10.1. The molecular weight excluding hydrogens is 198 g/mol. The summed E-state index contributed by atoms with van der Waals surface area (Å²) in [5.74, 6) is 0.588. The van der Waals surface area contributed by atoms with Crippen molar-refractivity contribution in [1.29, 1.82) is 0 Å². The van der Waals surface area contributed by atoms with Gasteiger partial charge in [-0.15, -0.1) is 0 Å². The summed E-state index contributed by atoms with van der Waals surface area (Å²) in [6.45, 7) is 6.01. The highest BCUT2D eigenvalue weighted by molar-refractivity contribution is 5.77. The van der Waals surface area contributed by atoms with Crippen LogP contribution in [0.5, 0.6) is 0 Å². The molecule has 0 saturated heterocycles. The fourth-order valence-electron chi connectivity index (χ4n) is 1.68. The van der Waals surface area contributed by atoms with Crippen molar-refractivity contribution in [3.63, 3.8) is 0 Å². The molecule has 0 amide bonds. The Kier molecular flexibility index (Phi) is 11.8.